The fraction of sp³-hybridized carbons (Fsp3) is 0.636. The molecular formula is C11H19N2O13P3. The molecule has 1 aromatic heterocycles. The summed E-state index contributed by atoms with van der Waals surface area (Å²) in [6.45, 7) is 1.17. The molecule has 2 rings (SSSR count). The van der Waals surface area contributed by atoms with Crippen molar-refractivity contribution in [3.8, 4) is 0 Å². The first-order valence-corrected chi connectivity index (χ1v) is 12.5. The van der Waals surface area contributed by atoms with Gasteiger partial charge in [0.25, 0.3) is 5.56 Å². The van der Waals surface area contributed by atoms with E-state index in [-0.39, 0.29) is 5.92 Å². The first kappa shape index (κ1) is 24.3. The van der Waals surface area contributed by atoms with E-state index in [1.807, 2.05) is 0 Å². The third kappa shape index (κ3) is 7.35. The molecule has 0 aromatic carbocycles. The molecule has 1 aliphatic heterocycles. The molecule has 0 aliphatic carbocycles. The van der Waals surface area contributed by atoms with Crippen LogP contribution in [0.25, 0.3) is 0 Å². The molecule has 29 heavy (non-hydrogen) atoms. The van der Waals surface area contributed by atoms with Crippen LogP contribution >= 0.6 is 23.5 Å². The molecule has 5 N–H and O–H groups in total. The minimum absolute atomic E-state index is 0.258. The van der Waals surface area contributed by atoms with Crippen LogP contribution in [0.3, 0.4) is 0 Å². The van der Waals surface area contributed by atoms with E-state index >= 15 is 0 Å². The van der Waals surface area contributed by atoms with Gasteiger partial charge >= 0.3 is 29.2 Å². The van der Waals surface area contributed by atoms with E-state index in [4.69, 9.17) is 19.4 Å². The van der Waals surface area contributed by atoms with E-state index in [0.717, 1.165) is 10.6 Å². The largest absolute Gasteiger partial charge is 0.490 e. The second-order valence-corrected chi connectivity index (χ2v) is 10.4. The number of phosphoric ester groups is 1. The van der Waals surface area contributed by atoms with E-state index in [2.05, 4.69) is 18.1 Å². The first-order chi connectivity index (χ1) is 13.2. The third-order valence-corrected chi connectivity index (χ3v) is 7.67. The topological polar surface area (TPSA) is 224 Å². The Labute approximate surface area is 162 Å². The quantitative estimate of drug-likeness (QED) is 0.298. The lowest BCUT2D eigenvalue weighted by Gasteiger charge is -2.20. The average molecular weight is 480 g/mol. The lowest BCUT2D eigenvalue weighted by molar-refractivity contribution is -0.0323. The van der Waals surface area contributed by atoms with Crippen molar-refractivity contribution in [1.29, 1.82) is 0 Å². The van der Waals surface area contributed by atoms with Gasteiger partial charge in [0.05, 0.1) is 12.7 Å². The van der Waals surface area contributed by atoms with Crippen molar-refractivity contribution in [1.82, 2.24) is 9.55 Å². The summed E-state index contributed by atoms with van der Waals surface area (Å²) in [5.41, 5.74) is -1.31. The molecule has 2 heterocycles. The second kappa shape index (κ2) is 9.04. The molecule has 0 amide bonds. The number of nitrogens with one attached hydrogen (secondary N) is 1. The van der Waals surface area contributed by atoms with Gasteiger partial charge in [0, 0.05) is 12.3 Å². The van der Waals surface area contributed by atoms with Crippen LogP contribution in [0.15, 0.2) is 21.9 Å². The van der Waals surface area contributed by atoms with Crippen molar-refractivity contribution < 1.29 is 51.2 Å². The van der Waals surface area contributed by atoms with Crippen LogP contribution in [0.1, 0.15) is 26.0 Å². The van der Waals surface area contributed by atoms with Crippen LogP contribution in [0.4, 0.5) is 0 Å². The van der Waals surface area contributed by atoms with Crippen molar-refractivity contribution >= 4 is 23.5 Å². The Kier molecular flexibility index (Phi) is 7.59. The number of rotatable bonds is 9. The van der Waals surface area contributed by atoms with E-state index in [0.29, 0.717) is 12.8 Å². The van der Waals surface area contributed by atoms with Gasteiger partial charge in [-0.3, -0.25) is 18.9 Å². The fourth-order valence-electron chi connectivity index (χ4n) is 2.69. The van der Waals surface area contributed by atoms with Gasteiger partial charge in [-0.1, -0.05) is 13.3 Å². The second-order valence-electron chi connectivity index (χ2n) is 5.94. The molecule has 5 atom stereocenters. The number of aromatic nitrogens is 2. The maximum Gasteiger partial charge on any atom is 0.490 e. The van der Waals surface area contributed by atoms with Crippen LogP contribution in [0.5, 0.6) is 0 Å². The van der Waals surface area contributed by atoms with Gasteiger partial charge in [-0.25, -0.2) is 18.5 Å². The maximum atomic E-state index is 11.9. The van der Waals surface area contributed by atoms with Crippen LogP contribution in [0.2, 0.25) is 0 Å². The number of ether oxygens (including phenoxy) is 1. The third-order valence-electron chi connectivity index (χ3n) is 3.87. The standard InChI is InChI=1S/C11H19N2O13P3/c1-2-7-5-10(13-4-3-9(14)12-11(13)15)24-8(7)6-23-28(19,20)26-29(21,22)25-27(16,17)18/h3-4,7-8,10H,2,5-6H2,1H3,(H,19,20)(H,21,22)(H,12,14,15)(H2,16,17,18)/t7-,8+,10+/m0/s1. The van der Waals surface area contributed by atoms with E-state index in [1.165, 1.54) is 6.20 Å². The molecule has 1 aromatic rings. The molecule has 1 saturated heterocycles. The normalized spacial score (nSPS) is 26.7. The molecule has 1 aliphatic rings. The smallest absolute Gasteiger partial charge is 0.352 e. The monoisotopic (exact) mass is 480 g/mol. The first-order valence-electron chi connectivity index (χ1n) is 7.96. The van der Waals surface area contributed by atoms with Crippen molar-refractivity contribution in [2.45, 2.75) is 32.1 Å². The zero-order chi connectivity index (χ0) is 22.0. The zero-order valence-corrected chi connectivity index (χ0v) is 17.4. The number of aromatic amines is 1. The van der Waals surface area contributed by atoms with Crippen molar-refractivity contribution in [2.24, 2.45) is 5.92 Å². The Morgan fingerprint density at radius 1 is 1.17 bits per heavy atom. The van der Waals surface area contributed by atoms with Crippen LogP contribution in [0, 0.1) is 5.92 Å². The molecule has 2 unspecified atom stereocenters. The lowest BCUT2D eigenvalue weighted by atomic mass is 9.98. The Morgan fingerprint density at radius 3 is 2.38 bits per heavy atom. The summed E-state index contributed by atoms with van der Waals surface area (Å²) in [4.78, 5) is 60.7. The van der Waals surface area contributed by atoms with Crippen molar-refractivity contribution in [3.05, 3.63) is 33.1 Å². The molecule has 0 spiro atoms. The predicted octanol–water partition coefficient (Wildman–Crippen LogP) is 0.194. The summed E-state index contributed by atoms with van der Waals surface area (Å²) in [6, 6.07) is 1.12. The highest BCUT2D eigenvalue weighted by molar-refractivity contribution is 7.66. The van der Waals surface area contributed by atoms with Gasteiger partial charge in [-0.15, -0.1) is 0 Å². The highest BCUT2D eigenvalue weighted by Crippen LogP contribution is 2.66. The number of hydrogen-bond donors (Lipinski definition) is 5. The molecule has 15 nitrogen and oxygen atoms in total. The van der Waals surface area contributed by atoms with Gasteiger partial charge in [-0.2, -0.15) is 8.62 Å². The van der Waals surface area contributed by atoms with E-state index in [9.17, 15) is 28.2 Å². The SMILES string of the molecule is CC[C@H]1C[C@H](n2ccc(=O)[nH]c2=O)O[C@@H]1COP(=O)(O)OP(=O)(O)OP(=O)(O)O. The lowest BCUT2D eigenvalue weighted by Crippen LogP contribution is -2.31. The summed E-state index contributed by atoms with van der Waals surface area (Å²) < 4.78 is 52.3. The molecule has 0 saturated carbocycles. The minimum Gasteiger partial charge on any atom is -0.352 e. The fourth-order valence-corrected chi connectivity index (χ4v) is 5.72. The highest BCUT2D eigenvalue weighted by atomic mass is 31.3. The van der Waals surface area contributed by atoms with Crippen molar-refractivity contribution in [3.63, 3.8) is 0 Å². The predicted molar refractivity (Wildman–Crippen MR) is 93.4 cm³/mol. The number of H-pyrrole nitrogens is 1. The van der Waals surface area contributed by atoms with Gasteiger partial charge in [0.1, 0.15) is 6.23 Å². The molecule has 1 fully saturated rings. The number of nitrogens with zero attached hydrogens (tertiary/aromatic N) is 1. The minimum atomic E-state index is -5.61. The summed E-state index contributed by atoms with van der Waals surface area (Å²) in [7, 11) is -16.4. The Balaban J connectivity index is 2.04. The van der Waals surface area contributed by atoms with Crippen LogP contribution < -0.4 is 11.2 Å². The van der Waals surface area contributed by atoms with Crippen LogP contribution in [-0.4, -0.2) is 41.8 Å². The van der Waals surface area contributed by atoms with Crippen LogP contribution in [-0.2, 0) is 31.6 Å². The average Bonchev–Trinajstić information content (AvgIpc) is 2.92. The zero-order valence-electron chi connectivity index (χ0n) is 14.8. The van der Waals surface area contributed by atoms with Gasteiger partial charge in [0.2, 0.25) is 0 Å². The van der Waals surface area contributed by atoms with E-state index in [1.54, 1.807) is 6.92 Å². The molecule has 0 bridgehead atoms. The number of phosphoric acid groups is 3. The number of hydrogen-bond acceptors (Lipinski definition) is 9. The highest BCUT2D eigenvalue weighted by Gasteiger charge is 2.42. The molecule has 0 radical (unpaired) electrons. The van der Waals surface area contributed by atoms with Gasteiger partial charge in [0.15, 0.2) is 0 Å². The Hall–Kier alpha value is -0.950. The van der Waals surface area contributed by atoms with E-state index < -0.39 is 53.7 Å². The summed E-state index contributed by atoms with van der Waals surface area (Å²) in [6.07, 6.45) is 0.391. The van der Waals surface area contributed by atoms with Gasteiger partial charge in [-0.05, 0) is 12.3 Å². The van der Waals surface area contributed by atoms with Crippen molar-refractivity contribution in [2.75, 3.05) is 6.61 Å². The molecular weight excluding hydrogens is 461 g/mol. The molecule has 18 heteroatoms. The summed E-state index contributed by atoms with van der Waals surface area (Å²) >= 11 is 0. The Morgan fingerprint density at radius 2 is 1.83 bits per heavy atom. The maximum absolute atomic E-state index is 11.9. The molecule has 166 valence electrons. The van der Waals surface area contributed by atoms with Gasteiger partial charge < -0.3 is 24.3 Å². The summed E-state index contributed by atoms with van der Waals surface area (Å²) in [5.74, 6) is -0.258. The summed E-state index contributed by atoms with van der Waals surface area (Å²) in [5, 5.41) is 0. The Bertz CT molecular complexity index is 983.